The molecule has 25 heteroatoms. The van der Waals surface area contributed by atoms with Crippen LogP contribution in [0.3, 0.4) is 0 Å². The Hall–Kier alpha value is -6.70. The Balaban J connectivity index is 0.985. The van der Waals surface area contributed by atoms with Crippen LogP contribution in [0.4, 0.5) is 20.1 Å². The third kappa shape index (κ3) is 24.1. The number of rotatable bonds is 30. The van der Waals surface area contributed by atoms with E-state index < -0.39 is 48.2 Å². The highest BCUT2D eigenvalue weighted by molar-refractivity contribution is 7.99. The quantitative estimate of drug-likeness (QED) is 0.0228. The molecular formula is C59H90N10O14S. The third-order valence-corrected chi connectivity index (χ3v) is 15.6. The van der Waals surface area contributed by atoms with E-state index in [0.717, 1.165) is 18.4 Å². The fourth-order valence-corrected chi connectivity index (χ4v) is 10.5. The van der Waals surface area contributed by atoms with Crippen molar-refractivity contribution in [3.05, 3.63) is 65.8 Å². The van der Waals surface area contributed by atoms with Crippen LogP contribution >= 0.6 is 11.8 Å². The van der Waals surface area contributed by atoms with Crippen molar-refractivity contribution in [1.82, 2.24) is 36.4 Å². The number of primary amides is 2. The number of thioether (sulfide) groups is 1. The first-order valence-electron chi connectivity index (χ1n) is 29.2. The zero-order chi connectivity index (χ0) is 61.3. The second-order valence-corrected chi connectivity index (χ2v) is 23.5. The van der Waals surface area contributed by atoms with Crippen molar-refractivity contribution in [1.29, 1.82) is 0 Å². The van der Waals surface area contributed by atoms with Crippen molar-refractivity contribution in [3.8, 4) is 0 Å². The molecule has 0 unspecified atom stereocenters. The summed E-state index contributed by atoms with van der Waals surface area (Å²) in [6.07, 6.45) is 14.0. The first kappa shape index (κ1) is 68.1. The van der Waals surface area contributed by atoms with Gasteiger partial charge < -0.3 is 76.9 Å². The van der Waals surface area contributed by atoms with Crippen LogP contribution in [-0.4, -0.2) is 176 Å². The number of hydrogen-bond donors (Lipinski definition) is 8. The van der Waals surface area contributed by atoms with Crippen LogP contribution in [-0.2, 0) is 59.1 Å². The molecule has 10 atom stereocenters. The number of anilines is 1. The molecule has 0 aromatic heterocycles. The van der Waals surface area contributed by atoms with E-state index in [1.165, 1.54) is 33.7 Å². The van der Waals surface area contributed by atoms with Crippen molar-refractivity contribution in [2.75, 3.05) is 63.2 Å². The lowest BCUT2D eigenvalue weighted by molar-refractivity contribution is -0.132. The van der Waals surface area contributed by atoms with E-state index in [4.69, 9.17) is 35.2 Å². The maximum Gasteiger partial charge on any atom is 0.410 e. The van der Waals surface area contributed by atoms with Crippen molar-refractivity contribution in [2.24, 2.45) is 23.3 Å². The molecule has 4 aliphatic heterocycles. The van der Waals surface area contributed by atoms with E-state index in [1.54, 1.807) is 45.0 Å². The van der Waals surface area contributed by atoms with Gasteiger partial charge in [0.15, 0.2) is 0 Å². The van der Waals surface area contributed by atoms with E-state index in [2.05, 4.69) is 44.9 Å². The maximum absolute atomic E-state index is 13.6. The number of urea groups is 1. The molecule has 10 N–H and O–H groups in total. The predicted octanol–water partition coefficient (Wildman–Crippen LogP) is 4.46. The Bertz CT molecular complexity index is 2480. The summed E-state index contributed by atoms with van der Waals surface area (Å²) in [5.74, 6) is -1.89. The minimum Gasteiger partial charge on any atom is -0.445 e. The number of carbonyl (C=O) groups excluding carboxylic acids is 9. The van der Waals surface area contributed by atoms with Crippen molar-refractivity contribution >= 4 is 71.1 Å². The molecule has 0 radical (unpaired) electrons. The molecule has 4 fully saturated rings. The molecule has 0 bridgehead atoms. The zero-order valence-electron chi connectivity index (χ0n) is 49.8. The molecule has 4 heterocycles. The Morgan fingerprint density at radius 2 is 1.52 bits per heavy atom. The summed E-state index contributed by atoms with van der Waals surface area (Å²) in [5, 5.41) is 16.7. The van der Waals surface area contributed by atoms with Gasteiger partial charge in [0.2, 0.25) is 35.4 Å². The van der Waals surface area contributed by atoms with E-state index >= 15 is 0 Å². The third-order valence-electron chi connectivity index (χ3n) is 15.0. The van der Waals surface area contributed by atoms with E-state index in [1.807, 2.05) is 32.3 Å². The fraction of sp³-hybridized carbons (Fsp3) is 0.644. The van der Waals surface area contributed by atoms with Crippen LogP contribution in [0.15, 0.2) is 60.2 Å². The molecule has 5 rings (SSSR count). The summed E-state index contributed by atoms with van der Waals surface area (Å²) in [5.41, 5.74) is 12.5. The van der Waals surface area contributed by atoms with Gasteiger partial charge in [-0.3, -0.25) is 28.8 Å². The van der Waals surface area contributed by atoms with Gasteiger partial charge >= 0.3 is 18.2 Å². The van der Waals surface area contributed by atoms with E-state index in [-0.39, 0.29) is 130 Å². The highest BCUT2D eigenvalue weighted by Gasteiger charge is 2.51. The largest absolute Gasteiger partial charge is 0.445 e. The highest BCUT2D eigenvalue weighted by Crippen LogP contribution is 2.43. The number of allylic oxidation sites excluding steroid dienone is 2. The van der Waals surface area contributed by atoms with Crippen LogP contribution < -0.4 is 43.4 Å². The Morgan fingerprint density at radius 1 is 0.833 bits per heavy atom. The summed E-state index contributed by atoms with van der Waals surface area (Å²) >= 11 is 1.44. The maximum atomic E-state index is 13.6. The lowest BCUT2D eigenvalue weighted by Gasteiger charge is -2.39. The average molecular weight is 1200 g/mol. The van der Waals surface area contributed by atoms with Gasteiger partial charge in [-0.1, -0.05) is 63.1 Å². The summed E-state index contributed by atoms with van der Waals surface area (Å²) in [6, 6.07) is 3.69. The molecule has 466 valence electrons. The molecule has 4 aliphatic rings. The SMILES string of the molecule is CSCC(=O)NCCCCCC(=O)N[C@H](C(=O)N[C@@H](CCCNC(N)=O)C(=O)Nc1ccc(COC(=O)N2CCN(C(=O)O[C@@H](C)/C=C\C(=O)N[C@@H]3C[C@H](C)[C@H](C/C=C(C)/C=C/[C@@H]4C[C@]5(CO5)C[C@@H](CC(N)=O)O4)O[C@@H]3C)CC2)cc1)C(C)C. The summed E-state index contributed by atoms with van der Waals surface area (Å²) in [4.78, 5) is 117. The van der Waals surface area contributed by atoms with Gasteiger partial charge in [0.1, 0.15) is 24.8 Å². The normalized spacial score (nSPS) is 23.5. The predicted molar refractivity (Wildman–Crippen MR) is 317 cm³/mol. The molecule has 1 aromatic rings. The number of epoxide rings is 1. The number of carbonyl (C=O) groups is 9. The van der Waals surface area contributed by atoms with Gasteiger partial charge in [0.05, 0.1) is 54.8 Å². The zero-order valence-corrected chi connectivity index (χ0v) is 50.6. The monoisotopic (exact) mass is 1190 g/mol. The van der Waals surface area contributed by atoms with Crippen molar-refractivity contribution in [2.45, 2.75) is 173 Å². The molecular weight excluding hydrogens is 1100 g/mol. The Morgan fingerprint density at radius 3 is 2.18 bits per heavy atom. The van der Waals surface area contributed by atoms with E-state index in [0.29, 0.717) is 68.7 Å². The van der Waals surface area contributed by atoms with Gasteiger partial charge in [0.25, 0.3) is 0 Å². The van der Waals surface area contributed by atoms with Crippen molar-refractivity contribution < 1.29 is 66.8 Å². The van der Waals surface area contributed by atoms with Crippen LogP contribution in [0.1, 0.15) is 118 Å². The molecule has 4 saturated heterocycles. The molecule has 10 amide bonds. The fourth-order valence-electron chi connectivity index (χ4n) is 10.1. The second kappa shape index (κ2) is 34.3. The van der Waals surface area contributed by atoms with Gasteiger partial charge in [-0.2, -0.15) is 11.8 Å². The molecule has 24 nitrogen and oxygen atoms in total. The smallest absolute Gasteiger partial charge is 0.410 e. The number of ether oxygens (including phenoxy) is 5. The Labute approximate surface area is 497 Å². The van der Waals surface area contributed by atoms with Crippen LogP contribution in [0.25, 0.3) is 0 Å². The number of nitrogens with zero attached hydrogens (tertiary/aromatic N) is 2. The molecule has 1 spiro atoms. The summed E-state index contributed by atoms with van der Waals surface area (Å²) in [7, 11) is 0. The number of nitrogens with two attached hydrogens (primary N) is 2. The molecule has 0 aliphatic carbocycles. The number of benzene rings is 1. The standard InChI is InChI=1S/C59H90N10O14S/c1-37(2)53(67-50(71)13-9-8-10-24-62-52(73)35-84-7)55(75)66-46(12-11-25-63-56(61)76)54(74)64-43-19-17-42(18-20-43)34-79-57(77)68-26-28-69(29-27-68)58(78)81-40(5)16-23-51(72)65-47-30-39(4)48(82-41(47)6)22-15-38(3)14-21-44-32-59(36-80-59)33-45(83-44)31-49(60)70/h14-21,23,37,39-41,44-48,53H,8-13,22,24-36H2,1-7H3,(H2,60,70)(H,62,73)(H,64,74)(H,65,72)(H,66,75)(H,67,71)(H3,61,63,76)/b21-14+,23-16-,38-15+/t39-,40-,41+,44+,45+,46-,47+,48-,53-,59+/m0/s1. The lowest BCUT2D eigenvalue weighted by atomic mass is 9.88. The topological polar surface area (TPSA) is 334 Å². The molecule has 0 saturated carbocycles. The molecule has 84 heavy (non-hydrogen) atoms. The molecule has 1 aromatic carbocycles. The average Bonchev–Trinajstić information content (AvgIpc) is 2.57. The summed E-state index contributed by atoms with van der Waals surface area (Å²) < 4.78 is 29.4. The minimum atomic E-state index is -1.04. The first-order valence-corrected chi connectivity index (χ1v) is 30.6. The lowest BCUT2D eigenvalue weighted by Crippen LogP contribution is -2.54. The number of amides is 10. The summed E-state index contributed by atoms with van der Waals surface area (Å²) in [6.45, 7) is 13.4. The van der Waals surface area contributed by atoms with Crippen LogP contribution in [0.5, 0.6) is 0 Å². The van der Waals surface area contributed by atoms with Crippen LogP contribution in [0.2, 0.25) is 0 Å². The number of piperazine rings is 1. The highest BCUT2D eigenvalue weighted by atomic mass is 32.2. The van der Waals surface area contributed by atoms with Gasteiger partial charge in [-0.25, -0.2) is 14.4 Å². The van der Waals surface area contributed by atoms with E-state index in [9.17, 15) is 43.2 Å². The minimum absolute atomic E-state index is 0.0332. The Kier molecular flexibility index (Phi) is 27.8. The second-order valence-electron chi connectivity index (χ2n) is 22.6. The number of nitrogens with one attached hydrogen (secondary N) is 6. The van der Waals surface area contributed by atoms with Gasteiger partial charge in [-0.15, -0.1) is 0 Å². The first-order chi connectivity index (χ1) is 40.0. The number of unbranched alkanes of at least 4 members (excludes halogenated alkanes) is 2. The van der Waals surface area contributed by atoms with Gasteiger partial charge in [0, 0.05) is 70.3 Å². The van der Waals surface area contributed by atoms with Crippen LogP contribution in [0, 0.1) is 11.8 Å². The number of hydrogen-bond acceptors (Lipinski definition) is 15. The van der Waals surface area contributed by atoms with Crippen molar-refractivity contribution in [3.63, 3.8) is 0 Å². The van der Waals surface area contributed by atoms with Gasteiger partial charge in [-0.05, 0) is 101 Å².